The number of amides is 1. The molecular formula is C23H30N2O3. The van der Waals surface area contributed by atoms with Gasteiger partial charge in [0.1, 0.15) is 0 Å². The number of nitrogens with zero attached hydrogens (tertiary/aromatic N) is 1. The quantitative estimate of drug-likeness (QED) is 0.803. The molecule has 150 valence electrons. The molecule has 28 heavy (non-hydrogen) atoms. The second-order valence-electron chi connectivity index (χ2n) is 7.55. The van der Waals surface area contributed by atoms with Gasteiger partial charge >= 0.3 is 0 Å². The van der Waals surface area contributed by atoms with Crippen molar-refractivity contribution < 1.29 is 14.3 Å². The third-order valence-electron chi connectivity index (χ3n) is 5.41. The van der Waals surface area contributed by atoms with Crippen LogP contribution in [-0.2, 0) is 0 Å². The van der Waals surface area contributed by atoms with E-state index in [1.165, 1.54) is 18.5 Å². The first-order valence-electron chi connectivity index (χ1n) is 9.89. The van der Waals surface area contributed by atoms with Gasteiger partial charge in [-0.1, -0.05) is 19.1 Å². The van der Waals surface area contributed by atoms with E-state index in [9.17, 15) is 4.79 Å². The molecule has 3 rings (SSSR count). The van der Waals surface area contributed by atoms with Crippen molar-refractivity contribution in [1.82, 2.24) is 5.32 Å². The Morgan fingerprint density at radius 3 is 2.46 bits per heavy atom. The van der Waals surface area contributed by atoms with Crippen LogP contribution in [0.5, 0.6) is 11.5 Å². The van der Waals surface area contributed by atoms with Gasteiger partial charge < -0.3 is 19.7 Å². The number of benzene rings is 2. The van der Waals surface area contributed by atoms with Crippen LogP contribution in [-0.4, -0.2) is 33.2 Å². The smallest absolute Gasteiger partial charge is 0.251 e. The normalized spacial score (nSPS) is 17.7. The first-order chi connectivity index (χ1) is 13.5. The van der Waals surface area contributed by atoms with Gasteiger partial charge in [0.05, 0.1) is 20.3 Å². The summed E-state index contributed by atoms with van der Waals surface area (Å²) in [6.45, 7) is 6.54. The maximum absolute atomic E-state index is 12.6. The summed E-state index contributed by atoms with van der Waals surface area (Å²) in [5.41, 5.74) is 2.89. The molecule has 1 fully saturated rings. The van der Waals surface area contributed by atoms with E-state index in [1.54, 1.807) is 32.4 Å². The zero-order chi connectivity index (χ0) is 20.1. The summed E-state index contributed by atoms with van der Waals surface area (Å²) in [6, 6.07) is 13.6. The zero-order valence-electron chi connectivity index (χ0n) is 17.2. The highest BCUT2D eigenvalue weighted by Crippen LogP contribution is 2.28. The number of carbonyl (C=O) groups is 1. The van der Waals surface area contributed by atoms with Crippen LogP contribution in [0.2, 0.25) is 0 Å². The van der Waals surface area contributed by atoms with Gasteiger partial charge in [-0.2, -0.15) is 0 Å². The lowest BCUT2D eigenvalue weighted by molar-refractivity contribution is 0.0939. The molecule has 1 aliphatic heterocycles. The number of hydrogen-bond donors (Lipinski definition) is 1. The molecule has 1 heterocycles. The molecule has 2 atom stereocenters. The number of ether oxygens (including phenoxy) is 2. The summed E-state index contributed by atoms with van der Waals surface area (Å²) in [5.74, 6) is 1.76. The molecule has 0 spiro atoms. The Morgan fingerprint density at radius 1 is 1.11 bits per heavy atom. The Balaban J connectivity index is 1.65. The molecule has 2 aromatic carbocycles. The fourth-order valence-electron chi connectivity index (χ4n) is 3.74. The van der Waals surface area contributed by atoms with Crippen molar-refractivity contribution in [2.75, 3.05) is 32.2 Å². The Kier molecular flexibility index (Phi) is 6.45. The maximum atomic E-state index is 12.6. The van der Waals surface area contributed by atoms with E-state index in [-0.39, 0.29) is 11.9 Å². The highest BCUT2D eigenvalue weighted by molar-refractivity contribution is 5.95. The first kappa shape index (κ1) is 20.1. The fourth-order valence-corrected chi connectivity index (χ4v) is 3.74. The molecule has 5 heteroatoms. The minimum Gasteiger partial charge on any atom is -0.493 e. The van der Waals surface area contributed by atoms with E-state index in [2.05, 4.69) is 41.4 Å². The van der Waals surface area contributed by atoms with Gasteiger partial charge in [-0.15, -0.1) is 0 Å². The molecule has 1 aliphatic rings. The standard InChI is InChI=1S/C23H30N2O3/c1-16-6-5-13-25(15-16)20-10-7-18(8-11-20)17(2)24-23(26)19-9-12-21(27-3)22(14-19)28-4/h7-12,14,16-17H,5-6,13,15H2,1-4H3,(H,24,26). The molecule has 1 N–H and O–H groups in total. The lowest BCUT2D eigenvalue weighted by Crippen LogP contribution is -2.34. The number of piperidine rings is 1. The van der Waals surface area contributed by atoms with Crippen molar-refractivity contribution in [2.24, 2.45) is 5.92 Å². The number of carbonyl (C=O) groups excluding carboxylic acids is 1. The summed E-state index contributed by atoms with van der Waals surface area (Å²) in [6.07, 6.45) is 2.56. The van der Waals surface area contributed by atoms with Crippen molar-refractivity contribution in [2.45, 2.75) is 32.7 Å². The maximum Gasteiger partial charge on any atom is 0.251 e. The molecule has 0 aromatic heterocycles. The molecule has 2 aromatic rings. The molecule has 1 amide bonds. The number of hydrogen-bond acceptors (Lipinski definition) is 4. The molecule has 0 aliphatic carbocycles. The van der Waals surface area contributed by atoms with Crippen LogP contribution < -0.4 is 19.7 Å². The monoisotopic (exact) mass is 382 g/mol. The predicted molar refractivity (Wildman–Crippen MR) is 112 cm³/mol. The second kappa shape index (κ2) is 9.00. The van der Waals surface area contributed by atoms with Crippen LogP contribution in [0.15, 0.2) is 42.5 Å². The van der Waals surface area contributed by atoms with Gasteiger partial charge in [0.15, 0.2) is 11.5 Å². The summed E-state index contributed by atoms with van der Waals surface area (Å²) < 4.78 is 10.5. The van der Waals surface area contributed by atoms with Crippen LogP contribution in [0.4, 0.5) is 5.69 Å². The largest absolute Gasteiger partial charge is 0.493 e. The summed E-state index contributed by atoms with van der Waals surface area (Å²) >= 11 is 0. The van der Waals surface area contributed by atoms with Gasteiger partial charge in [0.25, 0.3) is 5.91 Å². The third-order valence-corrected chi connectivity index (χ3v) is 5.41. The average molecular weight is 383 g/mol. The average Bonchev–Trinajstić information content (AvgIpc) is 2.73. The number of anilines is 1. The van der Waals surface area contributed by atoms with E-state index in [0.717, 1.165) is 24.6 Å². The summed E-state index contributed by atoms with van der Waals surface area (Å²) in [5, 5.41) is 3.06. The predicted octanol–water partition coefficient (Wildman–Crippen LogP) is 4.43. The van der Waals surface area contributed by atoms with Crippen LogP contribution in [0, 0.1) is 5.92 Å². The van der Waals surface area contributed by atoms with Crippen LogP contribution in [0.3, 0.4) is 0 Å². The third kappa shape index (κ3) is 4.58. The summed E-state index contributed by atoms with van der Waals surface area (Å²) in [4.78, 5) is 15.1. The van der Waals surface area contributed by atoms with E-state index >= 15 is 0 Å². The van der Waals surface area contributed by atoms with Gasteiger partial charge in [-0.3, -0.25) is 4.79 Å². The van der Waals surface area contributed by atoms with Gasteiger partial charge in [-0.05, 0) is 61.6 Å². The second-order valence-corrected chi connectivity index (χ2v) is 7.55. The molecule has 2 unspecified atom stereocenters. The molecular weight excluding hydrogens is 352 g/mol. The van der Waals surface area contributed by atoms with Gasteiger partial charge in [0.2, 0.25) is 0 Å². The minimum absolute atomic E-state index is 0.0880. The van der Waals surface area contributed by atoms with E-state index in [4.69, 9.17) is 9.47 Å². The highest BCUT2D eigenvalue weighted by atomic mass is 16.5. The van der Waals surface area contributed by atoms with Crippen LogP contribution >= 0.6 is 0 Å². The first-order valence-corrected chi connectivity index (χ1v) is 9.89. The Bertz CT molecular complexity index is 804. The lowest BCUT2D eigenvalue weighted by Gasteiger charge is -2.33. The van der Waals surface area contributed by atoms with Crippen molar-refractivity contribution in [1.29, 1.82) is 0 Å². The topological polar surface area (TPSA) is 50.8 Å². The van der Waals surface area contributed by atoms with E-state index in [0.29, 0.717) is 17.1 Å². The Hall–Kier alpha value is -2.69. The van der Waals surface area contributed by atoms with Crippen molar-refractivity contribution in [3.05, 3.63) is 53.6 Å². The molecule has 0 saturated carbocycles. The Labute approximate surface area is 167 Å². The van der Waals surface area contributed by atoms with Gasteiger partial charge in [-0.25, -0.2) is 0 Å². The fraction of sp³-hybridized carbons (Fsp3) is 0.435. The van der Waals surface area contributed by atoms with Gasteiger partial charge in [0, 0.05) is 24.3 Å². The Morgan fingerprint density at radius 2 is 1.82 bits per heavy atom. The van der Waals surface area contributed by atoms with Crippen LogP contribution in [0.25, 0.3) is 0 Å². The molecule has 0 radical (unpaired) electrons. The van der Waals surface area contributed by atoms with Crippen molar-refractivity contribution >= 4 is 11.6 Å². The van der Waals surface area contributed by atoms with Crippen molar-refractivity contribution in [3.63, 3.8) is 0 Å². The molecule has 0 bridgehead atoms. The number of rotatable bonds is 6. The minimum atomic E-state index is -0.137. The van der Waals surface area contributed by atoms with E-state index in [1.807, 2.05) is 6.92 Å². The molecule has 5 nitrogen and oxygen atoms in total. The highest BCUT2D eigenvalue weighted by Gasteiger charge is 2.18. The van der Waals surface area contributed by atoms with Crippen LogP contribution in [0.1, 0.15) is 48.7 Å². The summed E-state index contributed by atoms with van der Waals surface area (Å²) in [7, 11) is 3.14. The zero-order valence-corrected chi connectivity index (χ0v) is 17.2. The lowest BCUT2D eigenvalue weighted by atomic mass is 9.99. The van der Waals surface area contributed by atoms with E-state index < -0.39 is 0 Å². The number of nitrogens with one attached hydrogen (secondary N) is 1. The number of methoxy groups -OCH3 is 2. The SMILES string of the molecule is COc1ccc(C(=O)NC(C)c2ccc(N3CCCC(C)C3)cc2)cc1OC. The molecule has 1 saturated heterocycles. The van der Waals surface area contributed by atoms with Crippen molar-refractivity contribution in [3.8, 4) is 11.5 Å².